The van der Waals surface area contributed by atoms with Gasteiger partial charge in [0.1, 0.15) is 11.4 Å². The number of esters is 1. The Morgan fingerprint density at radius 3 is 2.75 bits per heavy atom. The molecule has 4 heteroatoms. The number of carbonyl (C=O) groups excluding carboxylic acids is 1. The van der Waals surface area contributed by atoms with Gasteiger partial charge in [-0.25, -0.2) is 4.79 Å². The van der Waals surface area contributed by atoms with Gasteiger partial charge in [-0.3, -0.25) is 0 Å². The highest BCUT2D eigenvalue weighted by molar-refractivity contribution is 5.93. The number of hydrogen-bond donors (Lipinski definition) is 1. The fourth-order valence-electron chi connectivity index (χ4n) is 1.23. The summed E-state index contributed by atoms with van der Waals surface area (Å²) in [6.07, 6.45) is 1.54. The van der Waals surface area contributed by atoms with Crippen LogP contribution < -0.4 is 10.5 Å². The maximum atomic E-state index is 11.3. The summed E-state index contributed by atoms with van der Waals surface area (Å²) >= 11 is 0. The SMILES string of the molecule is CCOC(=O)/C(N)=C/c1ccccc1OC. The molecule has 0 radical (unpaired) electrons. The Hall–Kier alpha value is -1.97. The summed E-state index contributed by atoms with van der Waals surface area (Å²) in [5, 5.41) is 0. The fraction of sp³-hybridized carbons (Fsp3) is 0.250. The second-order valence-electron chi connectivity index (χ2n) is 3.06. The van der Waals surface area contributed by atoms with Crippen LogP contribution in [0.1, 0.15) is 12.5 Å². The molecule has 0 saturated carbocycles. The minimum Gasteiger partial charge on any atom is -0.496 e. The first-order valence-corrected chi connectivity index (χ1v) is 4.96. The van der Waals surface area contributed by atoms with Crippen LogP contribution in [0.15, 0.2) is 30.0 Å². The predicted octanol–water partition coefficient (Wildman–Crippen LogP) is 1.56. The second-order valence-corrected chi connectivity index (χ2v) is 3.06. The highest BCUT2D eigenvalue weighted by Gasteiger charge is 2.07. The third-order valence-electron chi connectivity index (χ3n) is 1.96. The van der Waals surface area contributed by atoms with E-state index in [-0.39, 0.29) is 5.70 Å². The van der Waals surface area contributed by atoms with Gasteiger partial charge in [-0.05, 0) is 19.1 Å². The van der Waals surface area contributed by atoms with E-state index in [0.29, 0.717) is 12.4 Å². The van der Waals surface area contributed by atoms with E-state index in [0.717, 1.165) is 5.56 Å². The van der Waals surface area contributed by atoms with Crippen molar-refractivity contribution in [2.75, 3.05) is 13.7 Å². The van der Waals surface area contributed by atoms with Crippen molar-refractivity contribution in [1.82, 2.24) is 0 Å². The van der Waals surface area contributed by atoms with Gasteiger partial charge in [0.25, 0.3) is 0 Å². The summed E-state index contributed by atoms with van der Waals surface area (Å²) in [6, 6.07) is 7.29. The zero-order chi connectivity index (χ0) is 12.0. The minimum atomic E-state index is -0.520. The Bertz CT molecular complexity index is 399. The van der Waals surface area contributed by atoms with Crippen molar-refractivity contribution in [2.24, 2.45) is 5.73 Å². The summed E-state index contributed by atoms with van der Waals surface area (Å²) < 4.78 is 9.91. The van der Waals surface area contributed by atoms with Crippen LogP contribution in [0.3, 0.4) is 0 Å². The van der Waals surface area contributed by atoms with Crippen LogP contribution in [0.2, 0.25) is 0 Å². The van der Waals surface area contributed by atoms with Gasteiger partial charge in [-0.1, -0.05) is 18.2 Å². The third-order valence-corrected chi connectivity index (χ3v) is 1.96. The number of nitrogens with two attached hydrogens (primary N) is 1. The van der Waals surface area contributed by atoms with Gasteiger partial charge in [0.2, 0.25) is 0 Å². The van der Waals surface area contributed by atoms with Crippen LogP contribution >= 0.6 is 0 Å². The van der Waals surface area contributed by atoms with Gasteiger partial charge in [-0.15, -0.1) is 0 Å². The molecule has 0 aliphatic carbocycles. The van der Waals surface area contributed by atoms with Crippen LogP contribution in [0.5, 0.6) is 5.75 Å². The van der Waals surface area contributed by atoms with Gasteiger partial charge in [0.05, 0.1) is 13.7 Å². The van der Waals surface area contributed by atoms with Crippen LogP contribution in [0.4, 0.5) is 0 Å². The molecule has 0 fully saturated rings. The van der Waals surface area contributed by atoms with Gasteiger partial charge in [-0.2, -0.15) is 0 Å². The molecular weight excluding hydrogens is 206 g/mol. The van der Waals surface area contributed by atoms with Crippen molar-refractivity contribution in [3.8, 4) is 5.75 Å². The first kappa shape index (κ1) is 12.1. The van der Waals surface area contributed by atoms with Crippen molar-refractivity contribution in [2.45, 2.75) is 6.92 Å². The maximum absolute atomic E-state index is 11.3. The first-order valence-electron chi connectivity index (χ1n) is 4.96. The molecule has 1 rings (SSSR count). The Labute approximate surface area is 94.7 Å². The second kappa shape index (κ2) is 5.80. The minimum absolute atomic E-state index is 0.0614. The highest BCUT2D eigenvalue weighted by atomic mass is 16.5. The quantitative estimate of drug-likeness (QED) is 0.619. The molecule has 0 amide bonds. The Morgan fingerprint density at radius 2 is 2.12 bits per heavy atom. The number of rotatable bonds is 4. The lowest BCUT2D eigenvalue weighted by Gasteiger charge is -2.05. The van der Waals surface area contributed by atoms with Crippen molar-refractivity contribution < 1.29 is 14.3 Å². The summed E-state index contributed by atoms with van der Waals surface area (Å²) in [4.78, 5) is 11.3. The fourth-order valence-corrected chi connectivity index (χ4v) is 1.23. The number of methoxy groups -OCH3 is 1. The van der Waals surface area contributed by atoms with Gasteiger partial charge >= 0.3 is 5.97 Å². The molecule has 0 aliphatic heterocycles. The Balaban J connectivity index is 2.93. The van der Waals surface area contributed by atoms with Crippen molar-refractivity contribution >= 4 is 12.0 Å². The lowest BCUT2D eigenvalue weighted by molar-refractivity contribution is -0.138. The topological polar surface area (TPSA) is 61.5 Å². The molecule has 1 aromatic rings. The molecular formula is C12H15NO3. The smallest absolute Gasteiger partial charge is 0.354 e. The first-order chi connectivity index (χ1) is 7.69. The molecule has 0 atom stereocenters. The lowest BCUT2D eigenvalue weighted by Crippen LogP contribution is -2.14. The van der Waals surface area contributed by atoms with Crippen molar-refractivity contribution in [3.05, 3.63) is 35.5 Å². The van der Waals surface area contributed by atoms with E-state index in [1.165, 1.54) is 6.08 Å². The molecule has 0 spiro atoms. The van der Waals surface area contributed by atoms with Gasteiger partial charge in [0, 0.05) is 5.56 Å². The molecule has 0 unspecified atom stereocenters. The van der Waals surface area contributed by atoms with E-state index >= 15 is 0 Å². The van der Waals surface area contributed by atoms with E-state index in [1.54, 1.807) is 20.1 Å². The van der Waals surface area contributed by atoms with E-state index in [1.807, 2.05) is 18.2 Å². The van der Waals surface area contributed by atoms with E-state index < -0.39 is 5.97 Å². The van der Waals surface area contributed by atoms with Gasteiger partial charge < -0.3 is 15.2 Å². The molecule has 0 aromatic heterocycles. The molecule has 4 nitrogen and oxygen atoms in total. The highest BCUT2D eigenvalue weighted by Crippen LogP contribution is 2.19. The normalized spacial score (nSPS) is 11.0. The lowest BCUT2D eigenvalue weighted by atomic mass is 10.1. The standard InChI is InChI=1S/C12H15NO3/c1-3-16-12(14)10(13)8-9-6-4-5-7-11(9)15-2/h4-8H,3,13H2,1-2H3/b10-8-. The molecule has 0 bridgehead atoms. The maximum Gasteiger partial charge on any atom is 0.354 e. The van der Waals surface area contributed by atoms with Crippen LogP contribution in [0, 0.1) is 0 Å². The van der Waals surface area contributed by atoms with Crippen LogP contribution in [0.25, 0.3) is 6.08 Å². The molecule has 86 valence electrons. The van der Waals surface area contributed by atoms with Crippen molar-refractivity contribution in [3.63, 3.8) is 0 Å². The number of hydrogen-bond acceptors (Lipinski definition) is 4. The molecule has 2 N–H and O–H groups in total. The number of ether oxygens (including phenoxy) is 2. The zero-order valence-electron chi connectivity index (χ0n) is 9.40. The Kier molecular flexibility index (Phi) is 4.39. The predicted molar refractivity (Wildman–Crippen MR) is 61.8 cm³/mol. The Morgan fingerprint density at radius 1 is 1.44 bits per heavy atom. The van der Waals surface area contributed by atoms with E-state index in [9.17, 15) is 4.79 Å². The van der Waals surface area contributed by atoms with E-state index in [4.69, 9.17) is 15.2 Å². The summed E-state index contributed by atoms with van der Waals surface area (Å²) in [5.74, 6) is 0.142. The monoisotopic (exact) mass is 221 g/mol. The molecule has 1 aromatic carbocycles. The molecule has 0 saturated heterocycles. The summed E-state index contributed by atoms with van der Waals surface area (Å²) in [5.41, 5.74) is 6.40. The molecule has 0 aliphatic rings. The molecule has 0 heterocycles. The average Bonchev–Trinajstić information content (AvgIpc) is 2.30. The largest absolute Gasteiger partial charge is 0.496 e. The average molecular weight is 221 g/mol. The van der Waals surface area contributed by atoms with Crippen LogP contribution in [-0.2, 0) is 9.53 Å². The zero-order valence-corrected chi connectivity index (χ0v) is 9.40. The van der Waals surface area contributed by atoms with Gasteiger partial charge in [0.15, 0.2) is 0 Å². The van der Waals surface area contributed by atoms with Crippen molar-refractivity contribution in [1.29, 1.82) is 0 Å². The van der Waals surface area contributed by atoms with Crippen LogP contribution in [-0.4, -0.2) is 19.7 Å². The van der Waals surface area contributed by atoms with E-state index in [2.05, 4.69) is 0 Å². The third kappa shape index (κ3) is 3.02. The number of carbonyl (C=O) groups is 1. The summed E-state index contributed by atoms with van der Waals surface area (Å²) in [7, 11) is 1.56. The number of benzene rings is 1. The number of para-hydroxylation sites is 1. The molecule has 16 heavy (non-hydrogen) atoms. The summed E-state index contributed by atoms with van der Waals surface area (Å²) in [6.45, 7) is 2.04.